The van der Waals surface area contributed by atoms with Crippen molar-refractivity contribution in [3.63, 3.8) is 0 Å². The molecule has 3 N–H and O–H groups in total. The van der Waals surface area contributed by atoms with Crippen molar-refractivity contribution in [2.24, 2.45) is 5.92 Å². The number of unbranched alkanes of at least 4 members (excludes halogenated alkanes) is 43. The van der Waals surface area contributed by atoms with Gasteiger partial charge in [0.1, 0.15) is 19.3 Å². The van der Waals surface area contributed by atoms with Crippen LogP contribution < -0.4 is 0 Å². The molecule has 0 saturated carbocycles. The first-order chi connectivity index (χ1) is 43.5. The zero-order valence-corrected chi connectivity index (χ0v) is 60.1. The van der Waals surface area contributed by atoms with Crippen LogP contribution in [0.2, 0.25) is 0 Å². The Labute approximate surface area is 549 Å². The van der Waals surface area contributed by atoms with E-state index in [1.165, 1.54) is 193 Å². The minimum absolute atomic E-state index is 0.102. The van der Waals surface area contributed by atoms with Crippen molar-refractivity contribution < 1.29 is 80.2 Å². The minimum atomic E-state index is -4.95. The molecular formula is C71H138O17P2. The summed E-state index contributed by atoms with van der Waals surface area (Å²) in [5, 5.41) is 10.6. The summed E-state index contributed by atoms with van der Waals surface area (Å²) in [5.41, 5.74) is 0. The van der Waals surface area contributed by atoms with Crippen molar-refractivity contribution >= 4 is 39.5 Å². The number of hydrogen-bond donors (Lipinski definition) is 3. The molecule has 0 bridgehead atoms. The molecule has 17 nitrogen and oxygen atoms in total. The topological polar surface area (TPSA) is 237 Å². The number of carbonyl (C=O) groups excluding carboxylic acids is 4. The largest absolute Gasteiger partial charge is 0.472 e. The van der Waals surface area contributed by atoms with Crippen LogP contribution >= 0.6 is 15.6 Å². The number of phosphoric ester groups is 2. The number of carbonyl (C=O) groups is 4. The van der Waals surface area contributed by atoms with Crippen molar-refractivity contribution in [1.29, 1.82) is 0 Å². The number of rotatable bonds is 71. The molecule has 0 radical (unpaired) electrons. The third-order valence-electron chi connectivity index (χ3n) is 16.5. The van der Waals surface area contributed by atoms with Crippen molar-refractivity contribution in [2.45, 2.75) is 387 Å². The molecule has 0 aromatic rings. The fraction of sp³-hybridized carbons (Fsp3) is 0.944. The van der Waals surface area contributed by atoms with Gasteiger partial charge in [0, 0.05) is 25.7 Å². The van der Waals surface area contributed by atoms with Gasteiger partial charge in [-0.2, -0.15) is 0 Å². The molecule has 0 saturated heterocycles. The van der Waals surface area contributed by atoms with Crippen LogP contribution in [0.3, 0.4) is 0 Å². The van der Waals surface area contributed by atoms with E-state index >= 15 is 0 Å². The summed E-state index contributed by atoms with van der Waals surface area (Å²) in [7, 11) is -9.90. The molecule has 19 heteroatoms. The molecule has 0 aromatic carbocycles. The summed E-state index contributed by atoms with van der Waals surface area (Å²) in [4.78, 5) is 72.5. The third-order valence-corrected chi connectivity index (χ3v) is 18.4. The van der Waals surface area contributed by atoms with Crippen LogP contribution in [0.15, 0.2) is 0 Å². The van der Waals surface area contributed by atoms with Gasteiger partial charge in [0.2, 0.25) is 0 Å². The molecule has 0 aliphatic carbocycles. The van der Waals surface area contributed by atoms with Crippen molar-refractivity contribution in [3.05, 3.63) is 0 Å². The van der Waals surface area contributed by atoms with E-state index in [2.05, 4.69) is 34.6 Å². The molecular weight excluding hydrogens is 1190 g/mol. The normalized spacial score (nSPS) is 14.1. The molecule has 0 aliphatic rings. The first kappa shape index (κ1) is 88.1. The number of aliphatic hydroxyl groups excluding tert-OH is 1. The molecule has 0 fully saturated rings. The van der Waals surface area contributed by atoms with Crippen LogP contribution in [0, 0.1) is 5.92 Å². The highest BCUT2D eigenvalue weighted by atomic mass is 31.2. The molecule has 5 atom stereocenters. The number of aliphatic hydroxyl groups is 1. The third kappa shape index (κ3) is 64.8. The lowest BCUT2D eigenvalue weighted by Gasteiger charge is -2.21. The number of phosphoric acid groups is 2. The molecule has 0 aromatic heterocycles. The summed E-state index contributed by atoms with van der Waals surface area (Å²) in [5.74, 6) is -1.46. The lowest BCUT2D eigenvalue weighted by molar-refractivity contribution is -0.161. The Morgan fingerprint density at radius 2 is 0.511 bits per heavy atom. The van der Waals surface area contributed by atoms with Crippen LogP contribution in [0.4, 0.5) is 0 Å². The summed E-state index contributed by atoms with van der Waals surface area (Å²) in [6.07, 6.45) is 51.5. The smallest absolute Gasteiger partial charge is 0.462 e. The van der Waals surface area contributed by atoms with Crippen molar-refractivity contribution in [2.75, 3.05) is 39.6 Å². The fourth-order valence-corrected chi connectivity index (χ4v) is 12.4. The fourth-order valence-electron chi connectivity index (χ4n) is 10.8. The maximum atomic E-state index is 13.0. The number of ether oxygens (including phenoxy) is 4. The Morgan fingerprint density at radius 1 is 0.300 bits per heavy atom. The predicted molar refractivity (Wildman–Crippen MR) is 363 cm³/mol. The predicted octanol–water partition coefficient (Wildman–Crippen LogP) is 20.5. The van der Waals surface area contributed by atoms with Gasteiger partial charge in [0.25, 0.3) is 0 Å². The zero-order chi connectivity index (χ0) is 66.3. The standard InChI is InChI=1S/C71H138O17P2/c1-6-9-12-15-18-21-23-25-27-28-29-30-32-34-37-40-46-51-56-70(75)87-66(60-82-69(74)55-50-45-39-36-33-31-26-24-22-19-16-13-10-7-2)62-85-89(77,78)83-58-65(72)59-84-90(79,80)86-63-67(88-71(76)57-52-47-42-41-43-48-53-64(4)5)61-81-68(73)54-49-44-38-35-20-17-14-11-8-3/h64-67,72H,6-63H2,1-5H3,(H,77,78)(H,79,80)/t65-,66-,67-/m1/s1. The average Bonchev–Trinajstić information content (AvgIpc) is 3.67. The summed E-state index contributed by atoms with van der Waals surface area (Å²) in [6.45, 7) is 7.15. The summed E-state index contributed by atoms with van der Waals surface area (Å²) >= 11 is 0. The highest BCUT2D eigenvalue weighted by Gasteiger charge is 2.30. The summed E-state index contributed by atoms with van der Waals surface area (Å²) < 4.78 is 68.2. The molecule has 0 rings (SSSR count). The van der Waals surface area contributed by atoms with E-state index in [9.17, 15) is 43.2 Å². The van der Waals surface area contributed by atoms with Gasteiger partial charge in [-0.25, -0.2) is 9.13 Å². The second-order valence-corrected chi connectivity index (χ2v) is 29.0. The lowest BCUT2D eigenvalue weighted by atomic mass is 10.0. The summed E-state index contributed by atoms with van der Waals surface area (Å²) in [6, 6.07) is 0. The Hall–Kier alpha value is -1.94. The van der Waals surface area contributed by atoms with Gasteiger partial charge in [-0.05, 0) is 31.6 Å². The Bertz CT molecular complexity index is 1740. The molecule has 534 valence electrons. The van der Waals surface area contributed by atoms with Gasteiger partial charge >= 0.3 is 39.5 Å². The zero-order valence-electron chi connectivity index (χ0n) is 58.3. The molecule has 90 heavy (non-hydrogen) atoms. The Kier molecular flexibility index (Phi) is 63.0. The van der Waals surface area contributed by atoms with Crippen molar-refractivity contribution in [1.82, 2.24) is 0 Å². The quantitative estimate of drug-likeness (QED) is 0.0222. The number of esters is 4. The van der Waals surface area contributed by atoms with Gasteiger partial charge < -0.3 is 33.8 Å². The molecule has 0 amide bonds. The van der Waals surface area contributed by atoms with E-state index in [4.69, 9.17) is 37.0 Å². The SMILES string of the molecule is CCCCCCCCCCCCCCCCCCCCC(=O)O[C@H](COC(=O)CCCCCCCCCCCCCCCC)COP(=O)(O)OC[C@@H](O)COP(=O)(O)OC[C@@H](COC(=O)CCCCCCCCCCC)OC(=O)CCCCCCCCC(C)C. The second-order valence-electron chi connectivity index (χ2n) is 26.1. The maximum Gasteiger partial charge on any atom is 0.472 e. The van der Waals surface area contributed by atoms with Gasteiger partial charge in [0.05, 0.1) is 26.4 Å². The van der Waals surface area contributed by atoms with Crippen LogP contribution in [-0.4, -0.2) is 96.7 Å². The minimum Gasteiger partial charge on any atom is -0.462 e. The first-order valence-electron chi connectivity index (χ1n) is 37.1. The van der Waals surface area contributed by atoms with E-state index < -0.39 is 97.5 Å². The highest BCUT2D eigenvalue weighted by molar-refractivity contribution is 7.47. The van der Waals surface area contributed by atoms with Crippen LogP contribution in [-0.2, 0) is 65.4 Å². The van der Waals surface area contributed by atoms with E-state index in [-0.39, 0.29) is 25.7 Å². The maximum absolute atomic E-state index is 13.0. The molecule has 2 unspecified atom stereocenters. The van der Waals surface area contributed by atoms with E-state index in [0.717, 1.165) is 89.9 Å². The monoisotopic (exact) mass is 1320 g/mol. The van der Waals surface area contributed by atoms with Crippen LogP contribution in [0.1, 0.15) is 369 Å². The Morgan fingerprint density at radius 3 is 0.756 bits per heavy atom. The van der Waals surface area contributed by atoms with E-state index in [1.807, 2.05) is 0 Å². The molecule has 0 spiro atoms. The van der Waals surface area contributed by atoms with Crippen molar-refractivity contribution in [3.8, 4) is 0 Å². The van der Waals surface area contributed by atoms with Crippen LogP contribution in [0.25, 0.3) is 0 Å². The highest BCUT2D eigenvalue weighted by Crippen LogP contribution is 2.45. The van der Waals surface area contributed by atoms with Gasteiger partial charge in [-0.1, -0.05) is 317 Å². The Balaban J connectivity index is 5.20. The second kappa shape index (κ2) is 64.4. The molecule has 0 heterocycles. The lowest BCUT2D eigenvalue weighted by Crippen LogP contribution is -2.30. The van der Waals surface area contributed by atoms with Crippen LogP contribution in [0.5, 0.6) is 0 Å². The number of hydrogen-bond acceptors (Lipinski definition) is 15. The van der Waals surface area contributed by atoms with Gasteiger partial charge in [-0.15, -0.1) is 0 Å². The van der Waals surface area contributed by atoms with E-state index in [1.54, 1.807) is 0 Å². The van der Waals surface area contributed by atoms with Gasteiger partial charge in [0.15, 0.2) is 12.2 Å². The van der Waals surface area contributed by atoms with Gasteiger partial charge in [-0.3, -0.25) is 37.3 Å². The molecule has 0 aliphatic heterocycles. The first-order valence-corrected chi connectivity index (χ1v) is 40.1. The van der Waals surface area contributed by atoms with E-state index in [0.29, 0.717) is 31.6 Å². The average molecular weight is 1330 g/mol.